The first-order valence-electron chi connectivity index (χ1n) is 7.41. The molecule has 0 saturated carbocycles. The van der Waals surface area contributed by atoms with Crippen LogP contribution in [0.5, 0.6) is 0 Å². The van der Waals surface area contributed by atoms with Crippen molar-refractivity contribution < 1.29 is 0 Å². The highest BCUT2D eigenvalue weighted by Gasteiger charge is 2.29. The molecule has 2 rings (SSSR count). The van der Waals surface area contributed by atoms with Crippen LogP contribution in [0.2, 0.25) is 0 Å². The molecule has 3 nitrogen and oxygen atoms in total. The van der Waals surface area contributed by atoms with Gasteiger partial charge in [0.05, 0.1) is 0 Å². The van der Waals surface area contributed by atoms with Gasteiger partial charge in [-0.1, -0.05) is 27.7 Å². The van der Waals surface area contributed by atoms with Gasteiger partial charge in [-0.05, 0) is 30.7 Å². The van der Waals surface area contributed by atoms with Crippen LogP contribution in [0.25, 0.3) is 0 Å². The number of piperidine rings is 1. The van der Waals surface area contributed by atoms with Gasteiger partial charge in [-0.3, -0.25) is 0 Å². The van der Waals surface area contributed by atoms with E-state index in [-0.39, 0.29) is 0 Å². The first kappa shape index (κ1) is 14.8. The SMILES string of the molecule is CCNCc1cnc(N2CCC(C(C)(C)C)CC2)s1. The predicted molar refractivity (Wildman–Crippen MR) is 83.9 cm³/mol. The Bertz CT molecular complexity index is 386. The lowest BCUT2D eigenvalue weighted by molar-refractivity contribution is 0.199. The van der Waals surface area contributed by atoms with E-state index in [4.69, 9.17) is 0 Å². The van der Waals surface area contributed by atoms with Crippen LogP contribution in [0.4, 0.5) is 5.13 Å². The zero-order valence-corrected chi connectivity index (χ0v) is 13.5. The van der Waals surface area contributed by atoms with E-state index in [9.17, 15) is 0 Å². The molecule has 1 fully saturated rings. The average molecular weight is 281 g/mol. The number of hydrogen-bond acceptors (Lipinski definition) is 4. The molecule has 0 aromatic carbocycles. The van der Waals surface area contributed by atoms with E-state index < -0.39 is 0 Å². The maximum Gasteiger partial charge on any atom is 0.185 e. The molecule has 0 atom stereocenters. The zero-order chi connectivity index (χ0) is 13.9. The minimum absolute atomic E-state index is 0.450. The Morgan fingerprint density at radius 2 is 2.05 bits per heavy atom. The molecule has 1 aliphatic heterocycles. The minimum atomic E-state index is 0.450. The molecule has 1 aromatic rings. The number of thiazole rings is 1. The highest BCUT2D eigenvalue weighted by atomic mass is 32.1. The number of anilines is 1. The van der Waals surface area contributed by atoms with Crippen LogP contribution in [0.3, 0.4) is 0 Å². The van der Waals surface area contributed by atoms with E-state index in [2.05, 4.69) is 42.9 Å². The molecule has 0 bridgehead atoms. The molecule has 0 radical (unpaired) electrons. The number of hydrogen-bond donors (Lipinski definition) is 1. The summed E-state index contributed by atoms with van der Waals surface area (Å²) in [7, 11) is 0. The van der Waals surface area contributed by atoms with E-state index in [1.54, 1.807) is 0 Å². The van der Waals surface area contributed by atoms with Crippen LogP contribution in [0.1, 0.15) is 45.4 Å². The Labute approximate surface area is 121 Å². The summed E-state index contributed by atoms with van der Waals surface area (Å²) < 4.78 is 0. The van der Waals surface area contributed by atoms with Crippen LogP contribution < -0.4 is 10.2 Å². The van der Waals surface area contributed by atoms with Crippen molar-refractivity contribution in [2.75, 3.05) is 24.5 Å². The Balaban J connectivity index is 1.89. The second-order valence-corrected chi connectivity index (χ2v) is 7.61. The fraction of sp³-hybridized carbons (Fsp3) is 0.800. The predicted octanol–water partition coefficient (Wildman–Crippen LogP) is 3.52. The lowest BCUT2D eigenvalue weighted by Crippen LogP contribution is -2.37. The molecule has 0 aliphatic carbocycles. The highest BCUT2D eigenvalue weighted by molar-refractivity contribution is 7.15. The number of aromatic nitrogens is 1. The van der Waals surface area contributed by atoms with Crippen molar-refractivity contribution in [2.24, 2.45) is 11.3 Å². The van der Waals surface area contributed by atoms with Crippen molar-refractivity contribution >= 4 is 16.5 Å². The van der Waals surface area contributed by atoms with Gasteiger partial charge in [-0.25, -0.2) is 4.98 Å². The molecule has 4 heteroatoms. The third-order valence-corrected chi connectivity index (χ3v) is 5.14. The fourth-order valence-electron chi connectivity index (χ4n) is 2.71. The lowest BCUT2D eigenvalue weighted by atomic mass is 9.75. The van der Waals surface area contributed by atoms with Crippen molar-refractivity contribution in [2.45, 2.75) is 47.1 Å². The van der Waals surface area contributed by atoms with Crippen LogP contribution in [-0.4, -0.2) is 24.6 Å². The van der Waals surface area contributed by atoms with Gasteiger partial charge in [0.2, 0.25) is 0 Å². The second-order valence-electron chi connectivity index (χ2n) is 6.52. The molecule has 1 aromatic heterocycles. The summed E-state index contributed by atoms with van der Waals surface area (Å²) in [6, 6.07) is 0. The van der Waals surface area contributed by atoms with E-state index >= 15 is 0 Å². The summed E-state index contributed by atoms with van der Waals surface area (Å²) in [5.41, 5.74) is 0.450. The number of nitrogens with one attached hydrogen (secondary N) is 1. The summed E-state index contributed by atoms with van der Waals surface area (Å²) in [5, 5.41) is 4.57. The third-order valence-electron chi connectivity index (χ3n) is 4.08. The van der Waals surface area contributed by atoms with Crippen molar-refractivity contribution in [3.8, 4) is 0 Å². The van der Waals surface area contributed by atoms with Crippen molar-refractivity contribution in [3.63, 3.8) is 0 Å². The fourth-order valence-corrected chi connectivity index (χ4v) is 3.64. The van der Waals surface area contributed by atoms with Crippen molar-refractivity contribution in [1.29, 1.82) is 0 Å². The van der Waals surface area contributed by atoms with Gasteiger partial charge in [0.25, 0.3) is 0 Å². The Kier molecular flexibility index (Phi) is 4.85. The maximum atomic E-state index is 4.58. The first-order chi connectivity index (χ1) is 9.00. The summed E-state index contributed by atoms with van der Waals surface area (Å²) in [5.74, 6) is 0.852. The van der Waals surface area contributed by atoms with E-state index in [1.807, 2.05) is 17.5 Å². The van der Waals surface area contributed by atoms with E-state index in [1.165, 1.54) is 22.9 Å². The molecule has 1 aliphatic rings. The standard InChI is InChI=1S/C15H27N3S/c1-5-16-10-13-11-17-14(19-13)18-8-6-12(7-9-18)15(2,3)4/h11-12,16H,5-10H2,1-4H3. The molecule has 2 heterocycles. The average Bonchev–Trinajstić information content (AvgIpc) is 2.84. The van der Waals surface area contributed by atoms with Crippen LogP contribution >= 0.6 is 11.3 Å². The molecule has 0 unspecified atom stereocenters. The zero-order valence-electron chi connectivity index (χ0n) is 12.7. The first-order valence-corrected chi connectivity index (χ1v) is 8.22. The van der Waals surface area contributed by atoms with Gasteiger partial charge in [-0.15, -0.1) is 11.3 Å². The van der Waals surface area contributed by atoms with Gasteiger partial charge >= 0.3 is 0 Å². The Morgan fingerprint density at radius 1 is 1.37 bits per heavy atom. The van der Waals surface area contributed by atoms with Gasteiger partial charge in [0.15, 0.2) is 5.13 Å². The molecule has 108 valence electrons. The van der Waals surface area contributed by atoms with Gasteiger partial charge in [-0.2, -0.15) is 0 Å². The monoisotopic (exact) mass is 281 g/mol. The Morgan fingerprint density at radius 3 is 2.63 bits per heavy atom. The Hall–Kier alpha value is -0.610. The smallest absolute Gasteiger partial charge is 0.185 e. The summed E-state index contributed by atoms with van der Waals surface area (Å²) in [6.45, 7) is 13.5. The lowest BCUT2D eigenvalue weighted by Gasteiger charge is -2.38. The van der Waals surface area contributed by atoms with E-state index in [0.717, 1.165) is 32.1 Å². The maximum absolute atomic E-state index is 4.58. The van der Waals surface area contributed by atoms with Gasteiger partial charge in [0, 0.05) is 30.7 Å². The third kappa shape index (κ3) is 3.93. The topological polar surface area (TPSA) is 28.2 Å². The van der Waals surface area contributed by atoms with Crippen LogP contribution in [0.15, 0.2) is 6.20 Å². The molecular weight excluding hydrogens is 254 g/mol. The largest absolute Gasteiger partial charge is 0.348 e. The van der Waals surface area contributed by atoms with Gasteiger partial charge < -0.3 is 10.2 Å². The van der Waals surface area contributed by atoms with E-state index in [0.29, 0.717) is 5.41 Å². The second kappa shape index (κ2) is 6.23. The van der Waals surface area contributed by atoms with Crippen LogP contribution in [0, 0.1) is 11.3 Å². The summed E-state index contributed by atoms with van der Waals surface area (Å²) >= 11 is 1.84. The number of rotatable bonds is 4. The van der Waals surface area contributed by atoms with Crippen LogP contribution in [-0.2, 0) is 6.54 Å². The summed E-state index contributed by atoms with van der Waals surface area (Å²) in [4.78, 5) is 8.39. The summed E-state index contributed by atoms with van der Waals surface area (Å²) in [6.07, 6.45) is 4.62. The molecule has 1 N–H and O–H groups in total. The highest BCUT2D eigenvalue weighted by Crippen LogP contribution is 2.36. The van der Waals surface area contributed by atoms with Crippen molar-refractivity contribution in [3.05, 3.63) is 11.1 Å². The molecular formula is C15H27N3S. The molecule has 19 heavy (non-hydrogen) atoms. The molecule has 0 spiro atoms. The minimum Gasteiger partial charge on any atom is -0.348 e. The molecule has 0 amide bonds. The molecule has 1 saturated heterocycles. The number of nitrogens with zero attached hydrogens (tertiary/aromatic N) is 2. The van der Waals surface area contributed by atoms with Gasteiger partial charge in [0.1, 0.15) is 0 Å². The normalized spacial score (nSPS) is 18.0. The van der Waals surface area contributed by atoms with Crippen molar-refractivity contribution in [1.82, 2.24) is 10.3 Å². The quantitative estimate of drug-likeness (QED) is 0.915.